The molecule has 1 atom stereocenters. The number of nitrogens with one attached hydrogen (secondary N) is 1. The zero-order valence-electron chi connectivity index (χ0n) is 19.2. The average molecular weight is 466 g/mol. The Morgan fingerprint density at radius 3 is 2.82 bits per heavy atom. The maximum atomic E-state index is 14.5. The molecule has 10 nitrogen and oxygen atoms in total. The summed E-state index contributed by atoms with van der Waals surface area (Å²) in [5.41, 5.74) is 6.86. The monoisotopic (exact) mass is 465 g/mol. The average Bonchev–Trinajstić information content (AvgIpc) is 3.56. The van der Waals surface area contributed by atoms with Crippen LogP contribution in [0, 0.1) is 12.7 Å². The van der Waals surface area contributed by atoms with E-state index in [-0.39, 0.29) is 28.8 Å². The van der Waals surface area contributed by atoms with Gasteiger partial charge in [-0.1, -0.05) is 23.1 Å². The van der Waals surface area contributed by atoms with Crippen molar-refractivity contribution in [1.29, 1.82) is 0 Å². The molecule has 1 saturated carbocycles. The Labute approximate surface area is 194 Å². The van der Waals surface area contributed by atoms with Gasteiger partial charge in [-0.2, -0.15) is 4.98 Å². The third kappa shape index (κ3) is 3.76. The molecule has 3 aromatic heterocycles. The number of hydrogen-bond donors (Lipinski definition) is 2. The van der Waals surface area contributed by atoms with Gasteiger partial charge >= 0.3 is 0 Å². The molecule has 0 saturated heterocycles. The highest BCUT2D eigenvalue weighted by Crippen LogP contribution is 2.37. The van der Waals surface area contributed by atoms with Crippen molar-refractivity contribution in [2.45, 2.75) is 45.1 Å². The molecule has 3 heterocycles. The Kier molecular flexibility index (Phi) is 5.46. The number of anilines is 2. The van der Waals surface area contributed by atoms with Gasteiger partial charge in [-0.15, -0.1) is 0 Å². The van der Waals surface area contributed by atoms with Crippen LogP contribution in [0.15, 0.2) is 33.8 Å². The highest BCUT2D eigenvalue weighted by Gasteiger charge is 2.32. The fourth-order valence-corrected chi connectivity index (χ4v) is 4.14. The third-order valence-corrected chi connectivity index (χ3v) is 6.17. The topological polar surface area (TPSA) is 129 Å². The van der Waals surface area contributed by atoms with Crippen molar-refractivity contribution < 1.29 is 13.5 Å². The molecule has 1 unspecified atom stereocenters. The summed E-state index contributed by atoms with van der Waals surface area (Å²) in [4.78, 5) is 26.8. The first kappa shape index (κ1) is 21.9. The van der Waals surface area contributed by atoms with Crippen LogP contribution in [0.2, 0.25) is 0 Å². The van der Waals surface area contributed by atoms with Crippen LogP contribution >= 0.6 is 0 Å². The minimum absolute atomic E-state index is 0.0417. The fraction of sp³-hybridized carbons (Fsp3) is 0.391. The number of hydrogen-bond acceptors (Lipinski definition) is 8. The molecule has 1 aromatic carbocycles. The summed E-state index contributed by atoms with van der Waals surface area (Å²) >= 11 is 0. The molecule has 0 aliphatic heterocycles. The van der Waals surface area contributed by atoms with E-state index in [0.29, 0.717) is 47.3 Å². The van der Waals surface area contributed by atoms with Crippen LogP contribution in [0.1, 0.15) is 49.8 Å². The summed E-state index contributed by atoms with van der Waals surface area (Å²) in [6, 6.07) is 4.60. The van der Waals surface area contributed by atoms with E-state index in [4.69, 9.17) is 15.2 Å². The van der Waals surface area contributed by atoms with Gasteiger partial charge in [-0.25, -0.2) is 13.9 Å². The van der Waals surface area contributed by atoms with Crippen LogP contribution in [-0.4, -0.2) is 31.2 Å². The SMILES string of the molecule is CCC(CNc1nc[n+](C)c(N)c1-c1nc(C)no1)c1nc2cccc(F)c2c(=O)n1C1CC1. The minimum atomic E-state index is -0.543. The summed E-state index contributed by atoms with van der Waals surface area (Å²) < 4.78 is 23.2. The van der Waals surface area contributed by atoms with Gasteiger partial charge in [-0.05, 0) is 38.3 Å². The molecule has 34 heavy (non-hydrogen) atoms. The number of nitrogens with zero attached hydrogens (tertiary/aromatic N) is 6. The molecule has 1 aliphatic rings. The Hall–Kier alpha value is -3.89. The number of halogens is 1. The van der Waals surface area contributed by atoms with Crippen LogP contribution in [0.25, 0.3) is 22.4 Å². The van der Waals surface area contributed by atoms with E-state index in [9.17, 15) is 9.18 Å². The van der Waals surface area contributed by atoms with Gasteiger partial charge in [0.25, 0.3) is 11.4 Å². The first-order valence-electron chi connectivity index (χ1n) is 11.3. The third-order valence-electron chi connectivity index (χ3n) is 6.17. The molecule has 1 aliphatic carbocycles. The summed E-state index contributed by atoms with van der Waals surface area (Å²) in [6.45, 7) is 4.18. The van der Waals surface area contributed by atoms with Crippen molar-refractivity contribution in [2.75, 3.05) is 17.6 Å². The highest BCUT2D eigenvalue weighted by atomic mass is 19.1. The van der Waals surface area contributed by atoms with Crippen molar-refractivity contribution in [3.05, 3.63) is 52.3 Å². The molecular weight excluding hydrogens is 439 g/mol. The standard InChI is InChI=1S/C23H25FN8O2/c1-4-13(10-26-20-18(19(25)31(3)11-27-20)22-28-12(2)30-34-22)21-29-16-7-5-6-15(24)17(16)23(33)32(21)14-8-9-14/h5-7,11,13-14H,4,8-10H2,1-3H3,(H2,25,26,28,30)/p+1. The normalized spacial score (nSPS) is 14.5. The van der Waals surface area contributed by atoms with Gasteiger partial charge in [0, 0.05) is 18.5 Å². The van der Waals surface area contributed by atoms with Gasteiger partial charge < -0.3 is 15.6 Å². The number of fused-ring (bicyclic) bond motifs is 1. The molecule has 5 rings (SSSR count). The van der Waals surface area contributed by atoms with E-state index in [1.54, 1.807) is 41.6 Å². The first-order chi connectivity index (χ1) is 16.4. The summed E-state index contributed by atoms with van der Waals surface area (Å²) in [6.07, 6.45) is 4.07. The van der Waals surface area contributed by atoms with Crippen molar-refractivity contribution in [3.63, 3.8) is 0 Å². The lowest BCUT2D eigenvalue weighted by Crippen LogP contribution is -2.34. The lowest BCUT2D eigenvalue weighted by Gasteiger charge is -2.21. The smallest absolute Gasteiger partial charge is 0.270 e. The number of nitrogen functional groups attached to an aromatic ring is 1. The Balaban J connectivity index is 1.54. The number of rotatable bonds is 7. The van der Waals surface area contributed by atoms with Crippen LogP contribution in [0.3, 0.4) is 0 Å². The zero-order chi connectivity index (χ0) is 24.0. The Morgan fingerprint density at radius 2 is 2.15 bits per heavy atom. The second-order valence-corrected chi connectivity index (χ2v) is 8.61. The first-order valence-corrected chi connectivity index (χ1v) is 11.3. The van der Waals surface area contributed by atoms with E-state index < -0.39 is 5.82 Å². The quantitative estimate of drug-likeness (QED) is 0.399. The highest BCUT2D eigenvalue weighted by molar-refractivity contribution is 5.78. The van der Waals surface area contributed by atoms with Crippen molar-refractivity contribution in [2.24, 2.45) is 7.05 Å². The maximum Gasteiger partial charge on any atom is 0.270 e. The number of aromatic nitrogens is 6. The lowest BCUT2D eigenvalue weighted by atomic mass is 10.0. The van der Waals surface area contributed by atoms with Crippen molar-refractivity contribution >= 4 is 22.5 Å². The van der Waals surface area contributed by atoms with E-state index >= 15 is 0 Å². The Morgan fingerprint density at radius 1 is 1.35 bits per heavy atom. The molecule has 0 radical (unpaired) electrons. The van der Waals surface area contributed by atoms with Gasteiger partial charge in [0.05, 0.1) is 12.6 Å². The summed E-state index contributed by atoms with van der Waals surface area (Å²) in [5, 5.41) is 7.25. The largest absolute Gasteiger partial charge is 0.355 e. The van der Waals surface area contributed by atoms with Gasteiger partial charge in [0.1, 0.15) is 17.0 Å². The molecule has 4 aromatic rings. The van der Waals surface area contributed by atoms with Crippen LogP contribution in [-0.2, 0) is 7.05 Å². The minimum Gasteiger partial charge on any atom is -0.355 e. The van der Waals surface area contributed by atoms with E-state index in [1.165, 1.54) is 6.07 Å². The second kappa shape index (κ2) is 8.47. The Bertz CT molecular complexity index is 1440. The molecule has 3 N–H and O–H groups in total. The van der Waals surface area contributed by atoms with Crippen molar-refractivity contribution in [3.8, 4) is 11.5 Å². The number of nitrogens with two attached hydrogens (primary N) is 1. The lowest BCUT2D eigenvalue weighted by molar-refractivity contribution is -0.659. The van der Waals surface area contributed by atoms with Gasteiger partial charge in [-0.3, -0.25) is 9.36 Å². The molecular formula is C23H26FN8O2+. The zero-order valence-corrected chi connectivity index (χ0v) is 19.2. The molecule has 1 fully saturated rings. The van der Waals surface area contributed by atoms with E-state index in [1.807, 2.05) is 6.92 Å². The van der Waals surface area contributed by atoms with E-state index in [2.05, 4.69) is 20.4 Å². The van der Waals surface area contributed by atoms with Crippen molar-refractivity contribution in [1.82, 2.24) is 24.7 Å². The number of aryl methyl sites for hydroxylation is 2. The maximum absolute atomic E-state index is 14.5. The molecule has 0 spiro atoms. The van der Waals surface area contributed by atoms with E-state index in [0.717, 1.165) is 12.8 Å². The molecule has 176 valence electrons. The molecule has 11 heteroatoms. The number of benzene rings is 1. The van der Waals surface area contributed by atoms with Crippen LogP contribution in [0.4, 0.5) is 16.0 Å². The van der Waals surface area contributed by atoms with Gasteiger partial charge in [0.2, 0.25) is 18.0 Å². The second-order valence-electron chi connectivity index (χ2n) is 8.61. The fourth-order valence-electron chi connectivity index (χ4n) is 4.14. The van der Waals surface area contributed by atoms with Crippen LogP contribution < -0.4 is 21.2 Å². The predicted octanol–water partition coefficient (Wildman–Crippen LogP) is 2.64. The van der Waals surface area contributed by atoms with Gasteiger partial charge in [0.15, 0.2) is 11.4 Å². The molecule has 0 amide bonds. The summed E-state index contributed by atoms with van der Waals surface area (Å²) in [5.74, 6) is 1.63. The molecule has 0 bridgehead atoms. The predicted molar refractivity (Wildman–Crippen MR) is 124 cm³/mol. The van der Waals surface area contributed by atoms with Crippen LogP contribution in [0.5, 0.6) is 0 Å². The summed E-state index contributed by atoms with van der Waals surface area (Å²) in [7, 11) is 1.78.